The summed E-state index contributed by atoms with van der Waals surface area (Å²) in [6, 6.07) is 4.17. The average molecular weight is 220 g/mol. The second-order valence-electron chi connectivity index (χ2n) is 3.31. The Morgan fingerprint density at radius 2 is 2.00 bits per heavy atom. The first-order valence-corrected chi connectivity index (χ1v) is 4.22. The number of hydrogen-bond acceptors (Lipinski definition) is 2. The summed E-state index contributed by atoms with van der Waals surface area (Å²) in [4.78, 5) is 0. The lowest BCUT2D eigenvalue weighted by atomic mass is 10.0. The summed E-state index contributed by atoms with van der Waals surface area (Å²) in [5.74, 6) is -0.263. The minimum atomic E-state index is -0.723. The lowest BCUT2D eigenvalue weighted by Gasteiger charge is -2.15. The highest BCUT2D eigenvalue weighted by molar-refractivity contribution is 5.85. The molecule has 14 heavy (non-hydrogen) atoms. The Bertz CT molecular complexity index is 304. The van der Waals surface area contributed by atoms with Crippen LogP contribution in [0.1, 0.15) is 24.2 Å². The predicted molar refractivity (Wildman–Crippen MR) is 57.0 cm³/mol. The molecule has 4 heteroatoms. The molecule has 1 aromatic rings. The van der Waals surface area contributed by atoms with Gasteiger partial charge in [-0.05, 0) is 31.0 Å². The standard InChI is InChI=1S/C10H14FNO.ClH/c1-6-5-8(3-4-9(6)11)10(13)7(2)12;/h3-5,7,10,13H,12H2,1-2H3;1H. The molecule has 3 N–H and O–H groups in total. The Morgan fingerprint density at radius 3 is 2.43 bits per heavy atom. The van der Waals surface area contributed by atoms with Crippen molar-refractivity contribution in [3.05, 3.63) is 35.1 Å². The van der Waals surface area contributed by atoms with Crippen LogP contribution < -0.4 is 5.73 Å². The van der Waals surface area contributed by atoms with Gasteiger partial charge in [-0.15, -0.1) is 12.4 Å². The van der Waals surface area contributed by atoms with Crippen molar-refractivity contribution in [1.82, 2.24) is 0 Å². The molecule has 2 unspecified atom stereocenters. The van der Waals surface area contributed by atoms with Gasteiger partial charge in [0, 0.05) is 6.04 Å². The van der Waals surface area contributed by atoms with E-state index in [1.54, 1.807) is 26.0 Å². The van der Waals surface area contributed by atoms with E-state index >= 15 is 0 Å². The van der Waals surface area contributed by atoms with Crippen molar-refractivity contribution in [2.24, 2.45) is 5.73 Å². The highest BCUT2D eigenvalue weighted by Gasteiger charge is 2.12. The molecule has 0 saturated heterocycles. The number of nitrogens with two attached hydrogens (primary N) is 1. The fourth-order valence-corrected chi connectivity index (χ4v) is 1.16. The molecule has 0 bridgehead atoms. The van der Waals surface area contributed by atoms with Crippen LogP contribution in [-0.4, -0.2) is 11.1 Å². The second-order valence-corrected chi connectivity index (χ2v) is 3.31. The van der Waals surface area contributed by atoms with Crippen molar-refractivity contribution < 1.29 is 9.50 Å². The first-order valence-electron chi connectivity index (χ1n) is 4.22. The number of halogens is 2. The maximum atomic E-state index is 12.9. The van der Waals surface area contributed by atoms with Gasteiger partial charge in [0.2, 0.25) is 0 Å². The van der Waals surface area contributed by atoms with Gasteiger partial charge in [-0.1, -0.05) is 12.1 Å². The molecule has 0 saturated carbocycles. The van der Waals surface area contributed by atoms with Crippen molar-refractivity contribution in [3.8, 4) is 0 Å². The normalized spacial score (nSPS) is 14.4. The van der Waals surface area contributed by atoms with Crippen LogP contribution in [-0.2, 0) is 0 Å². The summed E-state index contributed by atoms with van der Waals surface area (Å²) in [7, 11) is 0. The number of aliphatic hydroxyl groups excluding tert-OH is 1. The summed E-state index contributed by atoms with van der Waals surface area (Å²) >= 11 is 0. The van der Waals surface area contributed by atoms with Crippen LogP contribution in [0, 0.1) is 12.7 Å². The Morgan fingerprint density at radius 1 is 1.43 bits per heavy atom. The van der Waals surface area contributed by atoms with E-state index in [0.717, 1.165) is 0 Å². The average Bonchev–Trinajstić information content (AvgIpc) is 2.08. The molecule has 0 aromatic heterocycles. The largest absolute Gasteiger partial charge is 0.387 e. The van der Waals surface area contributed by atoms with Gasteiger partial charge in [-0.2, -0.15) is 0 Å². The minimum Gasteiger partial charge on any atom is -0.387 e. The highest BCUT2D eigenvalue weighted by Crippen LogP contribution is 2.18. The summed E-state index contributed by atoms with van der Waals surface area (Å²) in [6.07, 6.45) is -0.723. The topological polar surface area (TPSA) is 46.2 Å². The molecule has 2 atom stereocenters. The number of hydrogen-bond donors (Lipinski definition) is 2. The zero-order valence-electron chi connectivity index (χ0n) is 8.20. The Balaban J connectivity index is 0.00000169. The third-order valence-corrected chi connectivity index (χ3v) is 2.02. The molecule has 0 amide bonds. The van der Waals surface area contributed by atoms with E-state index in [9.17, 15) is 9.50 Å². The summed E-state index contributed by atoms with van der Waals surface area (Å²) < 4.78 is 12.9. The summed E-state index contributed by atoms with van der Waals surface area (Å²) in [5.41, 5.74) is 6.70. The molecule has 0 heterocycles. The Kier molecular flexibility index (Phi) is 5.05. The van der Waals surface area contributed by atoms with Crippen LogP contribution in [0.2, 0.25) is 0 Å². The highest BCUT2D eigenvalue weighted by atomic mass is 35.5. The SMILES string of the molecule is Cc1cc(C(O)C(C)N)ccc1F.Cl. The van der Waals surface area contributed by atoms with Gasteiger partial charge in [0.1, 0.15) is 5.82 Å². The first-order chi connectivity index (χ1) is 6.02. The van der Waals surface area contributed by atoms with Crippen LogP contribution in [0.5, 0.6) is 0 Å². The van der Waals surface area contributed by atoms with E-state index in [1.165, 1.54) is 6.07 Å². The third kappa shape index (κ3) is 2.94. The Hall–Kier alpha value is -0.640. The molecule has 2 nitrogen and oxygen atoms in total. The molecule has 0 aliphatic rings. The Labute approximate surface area is 89.3 Å². The smallest absolute Gasteiger partial charge is 0.126 e. The molecule has 80 valence electrons. The van der Waals surface area contributed by atoms with E-state index < -0.39 is 6.10 Å². The molecular formula is C10H15ClFNO. The molecule has 1 rings (SSSR count). The zero-order chi connectivity index (χ0) is 10.0. The van der Waals surface area contributed by atoms with Crippen molar-refractivity contribution in [2.75, 3.05) is 0 Å². The van der Waals surface area contributed by atoms with Crippen LogP contribution in [0.4, 0.5) is 4.39 Å². The molecule has 0 radical (unpaired) electrons. The maximum Gasteiger partial charge on any atom is 0.126 e. The van der Waals surface area contributed by atoms with E-state index in [0.29, 0.717) is 11.1 Å². The quantitative estimate of drug-likeness (QED) is 0.799. The minimum absolute atomic E-state index is 0. The first kappa shape index (κ1) is 13.4. The van der Waals surface area contributed by atoms with Crippen molar-refractivity contribution >= 4 is 12.4 Å². The molecule has 0 fully saturated rings. The third-order valence-electron chi connectivity index (χ3n) is 2.02. The number of aryl methyl sites for hydroxylation is 1. The van der Waals surface area contributed by atoms with Gasteiger partial charge in [0.05, 0.1) is 6.10 Å². The van der Waals surface area contributed by atoms with Crippen LogP contribution >= 0.6 is 12.4 Å². The van der Waals surface area contributed by atoms with E-state index in [1.807, 2.05) is 0 Å². The number of rotatable bonds is 2. The van der Waals surface area contributed by atoms with Crippen molar-refractivity contribution in [1.29, 1.82) is 0 Å². The van der Waals surface area contributed by atoms with Crippen molar-refractivity contribution in [3.63, 3.8) is 0 Å². The molecular weight excluding hydrogens is 205 g/mol. The molecule has 0 aliphatic carbocycles. The van der Waals surface area contributed by atoms with Crippen molar-refractivity contribution in [2.45, 2.75) is 26.0 Å². The van der Waals surface area contributed by atoms with Crippen LogP contribution in [0.15, 0.2) is 18.2 Å². The van der Waals surface area contributed by atoms with E-state index in [-0.39, 0.29) is 24.3 Å². The van der Waals surface area contributed by atoms with Gasteiger partial charge < -0.3 is 10.8 Å². The summed E-state index contributed by atoms with van der Waals surface area (Å²) in [6.45, 7) is 3.37. The van der Waals surface area contributed by atoms with E-state index in [2.05, 4.69) is 0 Å². The lowest BCUT2D eigenvalue weighted by molar-refractivity contribution is 0.153. The lowest BCUT2D eigenvalue weighted by Crippen LogP contribution is -2.24. The van der Waals surface area contributed by atoms with Gasteiger partial charge in [-0.3, -0.25) is 0 Å². The fourth-order valence-electron chi connectivity index (χ4n) is 1.16. The zero-order valence-corrected chi connectivity index (χ0v) is 9.01. The molecule has 0 aliphatic heterocycles. The van der Waals surface area contributed by atoms with E-state index in [4.69, 9.17) is 5.73 Å². The fraction of sp³-hybridized carbons (Fsp3) is 0.400. The van der Waals surface area contributed by atoms with Gasteiger partial charge in [-0.25, -0.2) is 4.39 Å². The molecule has 1 aromatic carbocycles. The van der Waals surface area contributed by atoms with Crippen LogP contribution in [0.3, 0.4) is 0 Å². The van der Waals surface area contributed by atoms with Crippen LogP contribution in [0.25, 0.3) is 0 Å². The predicted octanol–water partition coefficient (Wildman–Crippen LogP) is 1.94. The number of benzene rings is 1. The maximum absolute atomic E-state index is 12.9. The summed E-state index contributed by atoms with van der Waals surface area (Å²) in [5, 5.41) is 9.57. The van der Waals surface area contributed by atoms with Gasteiger partial charge in [0.25, 0.3) is 0 Å². The second kappa shape index (κ2) is 5.29. The monoisotopic (exact) mass is 219 g/mol. The van der Waals surface area contributed by atoms with Gasteiger partial charge >= 0.3 is 0 Å². The molecule has 0 spiro atoms. The number of aliphatic hydroxyl groups is 1. The van der Waals surface area contributed by atoms with Gasteiger partial charge in [0.15, 0.2) is 0 Å².